The van der Waals surface area contributed by atoms with E-state index in [0.717, 1.165) is 0 Å². The summed E-state index contributed by atoms with van der Waals surface area (Å²) in [6.07, 6.45) is 0. The number of aliphatic hydroxyl groups is 1. The van der Waals surface area contributed by atoms with E-state index >= 15 is 0 Å². The molecule has 0 aromatic heterocycles. The van der Waals surface area contributed by atoms with Crippen LogP contribution in [0, 0.1) is 22.7 Å². The largest absolute Gasteiger partial charge is 0.507 e. The Hall–Kier alpha value is -3.72. The van der Waals surface area contributed by atoms with Crippen molar-refractivity contribution >= 4 is 34.6 Å². The molecule has 7 nitrogen and oxygen atoms in total. The zero-order valence-electron chi connectivity index (χ0n) is 13.9. The molecule has 0 fully saturated rings. The van der Waals surface area contributed by atoms with Crippen LogP contribution in [-0.4, -0.2) is 21.5 Å². The van der Waals surface area contributed by atoms with Crippen LogP contribution in [0.4, 0.5) is 5.69 Å². The van der Waals surface area contributed by atoms with E-state index in [-0.39, 0.29) is 21.8 Å². The van der Waals surface area contributed by atoms with E-state index in [1.165, 1.54) is 6.07 Å². The highest BCUT2D eigenvalue weighted by atomic mass is 32.1. The fraction of sp³-hybridized carbons (Fsp3) is 0.0526. The van der Waals surface area contributed by atoms with Crippen molar-refractivity contribution < 1.29 is 9.90 Å². The quantitative estimate of drug-likeness (QED) is 0.475. The highest BCUT2D eigenvalue weighted by molar-refractivity contribution is 7.80. The molecule has 27 heavy (non-hydrogen) atoms. The molecule has 0 aliphatic heterocycles. The van der Waals surface area contributed by atoms with E-state index in [9.17, 15) is 20.4 Å². The number of para-hydroxylation sites is 1. The summed E-state index contributed by atoms with van der Waals surface area (Å²) in [6, 6.07) is 18.9. The lowest BCUT2D eigenvalue weighted by Crippen LogP contribution is -2.55. The summed E-state index contributed by atoms with van der Waals surface area (Å²) in [4.78, 5) is 12.7. The molecular weight excluding hydrogens is 362 g/mol. The number of nitriles is 2. The Balaban J connectivity index is 1.84. The van der Waals surface area contributed by atoms with E-state index in [2.05, 4.69) is 16.2 Å². The molecule has 3 rings (SSSR count). The number of nitrogens with one attached hydrogen (secondary N) is 3. The number of carbonyl (C=O) groups excluding carboxylic acids is 1. The van der Waals surface area contributed by atoms with Gasteiger partial charge in [-0.05, 0) is 24.4 Å². The van der Waals surface area contributed by atoms with Crippen LogP contribution in [-0.2, 0) is 0 Å². The normalized spacial score (nSPS) is 12.7. The molecule has 0 spiro atoms. The molecule has 0 amide bonds. The molecule has 2 aromatic carbocycles. The number of fused-ring (bicyclic) bond motifs is 1. The number of anilines is 1. The van der Waals surface area contributed by atoms with Gasteiger partial charge < -0.3 is 10.4 Å². The summed E-state index contributed by atoms with van der Waals surface area (Å²) < 4.78 is 0. The molecule has 0 unspecified atom stereocenters. The molecule has 0 saturated carbocycles. The Bertz CT molecular complexity index is 1020. The number of aliphatic hydroxyl groups excluding tert-OH is 1. The Labute approximate surface area is 160 Å². The second kappa shape index (κ2) is 7.26. The first-order chi connectivity index (χ1) is 13.0. The lowest BCUT2D eigenvalue weighted by Gasteiger charge is -2.22. The Kier molecular flexibility index (Phi) is 4.86. The van der Waals surface area contributed by atoms with Crippen LogP contribution in [0.15, 0.2) is 60.2 Å². The van der Waals surface area contributed by atoms with Gasteiger partial charge in [-0.25, -0.2) is 0 Å². The van der Waals surface area contributed by atoms with E-state index in [1.807, 2.05) is 18.2 Å². The molecule has 1 aliphatic carbocycles. The predicted molar refractivity (Wildman–Crippen MR) is 103 cm³/mol. The van der Waals surface area contributed by atoms with Gasteiger partial charge in [0.25, 0.3) is 0 Å². The number of benzene rings is 2. The minimum Gasteiger partial charge on any atom is -0.507 e. The topological polar surface area (TPSA) is 121 Å². The maximum atomic E-state index is 12.7. The number of Topliss-reactive ketones (excluding diaryl/α,β-unsaturated/α-hetero) is 1. The third-order valence-corrected chi connectivity index (χ3v) is 4.20. The predicted octanol–water partition coefficient (Wildman–Crippen LogP) is 2.43. The number of carbonyl (C=O) groups is 1. The van der Waals surface area contributed by atoms with Crippen molar-refractivity contribution in [3.05, 3.63) is 71.3 Å². The highest BCUT2D eigenvalue weighted by Gasteiger charge is 2.46. The summed E-state index contributed by atoms with van der Waals surface area (Å²) in [7, 11) is 0. The van der Waals surface area contributed by atoms with Crippen LogP contribution in [0.3, 0.4) is 0 Å². The van der Waals surface area contributed by atoms with E-state index in [1.54, 1.807) is 42.5 Å². The van der Waals surface area contributed by atoms with Crippen LogP contribution in [0.1, 0.15) is 15.9 Å². The third-order valence-electron chi connectivity index (χ3n) is 4.00. The molecule has 0 bridgehead atoms. The van der Waals surface area contributed by atoms with E-state index in [0.29, 0.717) is 5.69 Å². The van der Waals surface area contributed by atoms with Gasteiger partial charge in [0.15, 0.2) is 10.9 Å². The first-order valence-electron chi connectivity index (χ1n) is 7.82. The molecule has 8 heteroatoms. The van der Waals surface area contributed by atoms with Crippen molar-refractivity contribution in [3.63, 3.8) is 0 Å². The fourth-order valence-electron chi connectivity index (χ4n) is 2.70. The molecule has 4 N–H and O–H groups in total. The number of hydrogen-bond acceptors (Lipinski definition) is 6. The zero-order valence-corrected chi connectivity index (χ0v) is 14.7. The van der Waals surface area contributed by atoms with Crippen LogP contribution < -0.4 is 16.2 Å². The molecular formula is C19H13N5O2S. The van der Waals surface area contributed by atoms with Crippen molar-refractivity contribution in [2.45, 2.75) is 5.54 Å². The molecule has 132 valence electrons. The van der Waals surface area contributed by atoms with Crippen LogP contribution in [0.25, 0.3) is 5.76 Å². The molecule has 2 aromatic rings. The summed E-state index contributed by atoms with van der Waals surface area (Å²) >= 11 is 5.14. The van der Waals surface area contributed by atoms with Gasteiger partial charge in [0.05, 0.1) is 5.57 Å². The maximum Gasteiger partial charge on any atom is 0.242 e. The van der Waals surface area contributed by atoms with Gasteiger partial charge in [-0.2, -0.15) is 15.9 Å². The molecule has 0 radical (unpaired) electrons. The Morgan fingerprint density at radius 3 is 2.19 bits per heavy atom. The van der Waals surface area contributed by atoms with E-state index in [4.69, 9.17) is 12.2 Å². The van der Waals surface area contributed by atoms with Gasteiger partial charge in [0.1, 0.15) is 17.9 Å². The van der Waals surface area contributed by atoms with Crippen molar-refractivity contribution in [1.29, 1.82) is 10.5 Å². The van der Waals surface area contributed by atoms with Crippen molar-refractivity contribution in [3.8, 4) is 12.1 Å². The Morgan fingerprint density at radius 1 is 1.00 bits per heavy atom. The van der Waals surface area contributed by atoms with Gasteiger partial charge in [0.2, 0.25) is 5.54 Å². The smallest absolute Gasteiger partial charge is 0.242 e. The van der Waals surface area contributed by atoms with Crippen molar-refractivity contribution in [1.82, 2.24) is 10.9 Å². The number of thiocarbonyl (C=S) groups is 1. The molecule has 0 saturated heterocycles. The first-order valence-corrected chi connectivity index (χ1v) is 8.23. The fourth-order valence-corrected chi connectivity index (χ4v) is 2.87. The molecule has 1 aliphatic rings. The average Bonchev–Trinajstić information content (AvgIpc) is 2.96. The lowest BCUT2D eigenvalue weighted by atomic mass is 9.90. The number of ketones is 1. The summed E-state index contributed by atoms with van der Waals surface area (Å²) in [6.45, 7) is 0. The van der Waals surface area contributed by atoms with Gasteiger partial charge in [-0.1, -0.05) is 42.5 Å². The number of hydrazine groups is 1. The maximum absolute atomic E-state index is 12.7. The Morgan fingerprint density at radius 2 is 1.59 bits per heavy atom. The highest BCUT2D eigenvalue weighted by Crippen LogP contribution is 2.36. The standard InChI is InChI=1S/C19H13N5O2S/c20-10-19(11-21,24-23-18(27)22-12-6-2-1-3-7-12)15-16(25)13-8-4-5-9-14(13)17(15)26/h1-9,24-25H,(H2,22,23,27). The molecule has 0 atom stereocenters. The minimum absolute atomic E-state index is 0.0825. The van der Waals surface area contributed by atoms with Gasteiger partial charge in [-0.15, -0.1) is 0 Å². The SMILES string of the molecule is N#CC(C#N)(NNC(=S)Nc1ccccc1)C1=C(O)c2ccccc2C1=O. The lowest BCUT2D eigenvalue weighted by molar-refractivity contribution is 0.102. The van der Waals surface area contributed by atoms with Crippen LogP contribution in [0.2, 0.25) is 0 Å². The summed E-state index contributed by atoms with van der Waals surface area (Å²) in [5.41, 5.74) is 3.74. The average molecular weight is 375 g/mol. The van der Waals surface area contributed by atoms with Crippen molar-refractivity contribution in [2.24, 2.45) is 0 Å². The van der Waals surface area contributed by atoms with Gasteiger partial charge in [0, 0.05) is 16.8 Å². The third kappa shape index (κ3) is 3.23. The van der Waals surface area contributed by atoms with Crippen LogP contribution in [0.5, 0.6) is 0 Å². The number of hydrogen-bond donors (Lipinski definition) is 4. The van der Waals surface area contributed by atoms with Crippen molar-refractivity contribution in [2.75, 3.05) is 5.32 Å². The van der Waals surface area contributed by atoms with Crippen LogP contribution >= 0.6 is 12.2 Å². The summed E-state index contributed by atoms with van der Waals surface area (Å²) in [5, 5.41) is 32.6. The monoisotopic (exact) mass is 375 g/mol. The second-order valence-corrected chi connectivity index (χ2v) is 6.05. The summed E-state index contributed by atoms with van der Waals surface area (Å²) in [5.74, 6) is -1.00. The minimum atomic E-state index is -2.14. The number of nitrogens with zero attached hydrogens (tertiary/aromatic N) is 2. The van der Waals surface area contributed by atoms with Gasteiger partial charge in [-0.3, -0.25) is 10.2 Å². The number of rotatable bonds is 4. The second-order valence-electron chi connectivity index (χ2n) is 5.64. The van der Waals surface area contributed by atoms with Gasteiger partial charge >= 0.3 is 0 Å². The first kappa shape index (κ1) is 18.1. The van der Waals surface area contributed by atoms with E-state index < -0.39 is 17.1 Å². The molecule has 0 heterocycles. The zero-order chi connectivity index (χ0) is 19.4.